The van der Waals surface area contributed by atoms with E-state index >= 15 is 0 Å². The van der Waals surface area contributed by atoms with Crippen LogP contribution in [-0.4, -0.2) is 17.6 Å². The molecule has 3 heteroatoms. The van der Waals surface area contributed by atoms with Crippen LogP contribution < -0.4 is 5.73 Å². The molecule has 0 spiro atoms. The van der Waals surface area contributed by atoms with Crippen LogP contribution in [-0.2, 0) is 9.53 Å². The lowest BCUT2D eigenvalue weighted by atomic mass is 10.1. The van der Waals surface area contributed by atoms with E-state index in [1.807, 2.05) is 13.8 Å². The quantitative estimate of drug-likeness (QED) is 0.392. The highest BCUT2D eigenvalue weighted by Gasteiger charge is 2.14. The van der Waals surface area contributed by atoms with E-state index < -0.39 is 11.6 Å². The Morgan fingerprint density at radius 2 is 1.86 bits per heavy atom. The zero-order valence-corrected chi connectivity index (χ0v) is 9.55. The van der Waals surface area contributed by atoms with Gasteiger partial charge in [0.2, 0.25) is 0 Å². The molecule has 0 fully saturated rings. The topological polar surface area (TPSA) is 52.3 Å². The Morgan fingerprint density at radius 3 is 2.21 bits per heavy atom. The van der Waals surface area contributed by atoms with E-state index in [0.29, 0.717) is 0 Å². The highest BCUT2D eigenvalue weighted by molar-refractivity contribution is 5.88. The summed E-state index contributed by atoms with van der Waals surface area (Å²) in [6, 6.07) is -0.275. The van der Waals surface area contributed by atoms with E-state index in [4.69, 9.17) is 10.5 Å². The molecule has 0 amide bonds. The summed E-state index contributed by atoms with van der Waals surface area (Å²) < 4.78 is 5.00. The summed E-state index contributed by atoms with van der Waals surface area (Å²) in [6.07, 6.45) is 0. The van der Waals surface area contributed by atoms with Gasteiger partial charge < -0.3 is 10.5 Å². The van der Waals surface area contributed by atoms with Crippen LogP contribution in [0.2, 0.25) is 0 Å². The Labute approximate surface area is 86.0 Å². The number of esters is 1. The second-order valence-corrected chi connectivity index (χ2v) is 4.54. The Bertz CT molecular complexity index is 253. The molecule has 0 aliphatic rings. The zero-order chi connectivity index (χ0) is 11.4. The first kappa shape index (κ1) is 13.0. The van der Waals surface area contributed by atoms with Gasteiger partial charge in [0.05, 0.1) is 6.04 Å². The maximum absolute atomic E-state index is 11.1. The lowest BCUT2D eigenvalue weighted by Crippen LogP contribution is -2.26. The number of nitrogens with two attached hydrogens (primary N) is 1. The van der Waals surface area contributed by atoms with Crippen molar-refractivity contribution in [2.24, 2.45) is 11.7 Å². The van der Waals surface area contributed by atoms with Gasteiger partial charge in [-0.3, -0.25) is 0 Å². The Kier molecular flexibility index (Phi) is 4.65. The van der Waals surface area contributed by atoms with E-state index in [1.165, 1.54) is 0 Å². The molecular formula is C11H19NO2. The van der Waals surface area contributed by atoms with Gasteiger partial charge in [0.15, 0.2) is 0 Å². The summed E-state index contributed by atoms with van der Waals surface area (Å²) in [7, 11) is 0. The van der Waals surface area contributed by atoms with Crippen molar-refractivity contribution in [3.63, 3.8) is 0 Å². The van der Waals surface area contributed by atoms with Crippen LogP contribution in [0.25, 0.3) is 0 Å². The van der Waals surface area contributed by atoms with Crippen molar-refractivity contribution in [2.45, 2.75) is 46.3 Å². The van der Waals surface area contributed by atoms with E-state index in [0.717, 1.165) is 0 Å². The smallest absolute Gasteiger partial charge is 0.384 e. The van der Waals surface area contributed by atoms with Gasteiger partial charge in [0, 0.05) is 5.92 Å². The molecule has 80 valence electrons. The van der Waals surface area contributed by atoms with Crippen LogP contribution >= 0.6 is 0 Å². The number of hydrogen-bond donors (Lipinski definition) is 1. The van der Waals surface area contributed by atoms with Gasteiger partial charge in [-0.05, 0) is 26.7 Å². The third kappa shape index (κ3) is 6.50. The molecule has 3 nitrogen and oxygen atoms in total. The predicted octanol–water partition coefficient (Wildman–Crippen LogP) is 1.31. The molecule has 0 saturated heterocycles. The minimum Gasteiger partial charge on any atom is -0.450 e. The maximum Gasteiger partial charge on any atom is 0.384 e. The third-order valence-electron chi connectivity index (χ3n) is 1.46. The number of rotatable bonds is 1. The van der Waals surface area contributed by atoms with Gasteiger partial charge in [-0.1, -0.05) is 19.8 Å². The van der Waals surface area contributed by atoms with E-state index in [2.05, 4.69) is 11.8 Å². The highest BCUT2D eigenvalue weighted by Crippen LogP contribution is 2.06. The number of hydrogen-bond acceptors (Lipinski definition) is 3. The van der Waals surface area contributed by atoms with Crippen molar-refractivity contribution in [2.75, 3.05) is 0 Å². The van der Waals surface area contributed by atoms with Crippen LogP contribution in [0.4, 0.5) is 0 Å². The minimum atomic E-state index is -0.520. The van der Waals surface area contributed by atoms with Crippen molar-refractivity contribution in [3.05, 3.63) is 0 Å². The molecule has 14 heavy (non-hydrogen) atoms. The number of ether oxygens (including phenoxy) is 1. The molecule has 1 atom stereocenters. The molecule has 0 bridgehead atoms. The summed E-state index contributed by atoms with van der Waals surface area (Å²) in [5.74, 6) is 4.76. The summed E-state index contributed by atoms with van der Waals surface area (Å²) in [5, 5.41) is 0. The maximum atomic E-state index is 11.1. The van der Waals surface area contributed by atoms with Crippen molar-refractivity contribution in [1.82, 2.24) is 0 Å². The average molecular weight is 197 g/mol. The van der Waals surface area contributed by atoms with E-state index in [-0.39, 0.29) is 12.0 Å². The third-order valence-corrected chi connectivity index (χ3v) is 1.46. The number of carbonyl (C=O) groups is 1. The van der Waals surface area contributed by atoms with Crippen molar-refractivity contribution in [1.29, 1.82) is 0 Å². The first-order chi connectivity index (χ1) is 6.22. The molecule has 0 saturated carbocycles. The van der Waals surface area contributed by atoms with Gasteiger partial charge in [-0.25, -0.2) is 4.79 Å². The Morgan fingerprint density at radius 1 is 1.36 bits per heavy atom. The lowest BCUT2D eigenvalue weighted by Gasteiger charge is -2.17. The molecule has 0 aromatic heterocycles. The SMILES string of the molecule is CC(C)C(N)C#CC(=O)OC(C)(C)C. The first-order valence-electron chi connectivity index (χ1n) is 4.72. The largest absolute Gasteiger partial charge is 0.450 e. The molecule has 2 N–H and O–H groups in total. The predicted molar refractivity (Wildman–Crippen MR) is 56.4 cm³/mol. The second kappa shape index (κ2) is 5.02. The van der Waals surface area contributed by atoms with Gasteiger partial charge in [0.1, 0.15) is 5.60 Å². The van der Waals surface area contributed by atoms with Crippen LogP contribution in [0, 0.1) is 17.8 Å². The molecule has 0 aromatic rings. The molecular weight excluding hydrogens is 178 g/mol. The van der Waals surface area contributed by atoms with Crippen LogP contribution in [0.3, 0.4) is 0 Å². The Hall–Kier alpha value is -1.01. The zero-order valence-electron chi connectivity index (χ0n) is 9.55. The van der Waals surface area contributed by atoms with Crippen molar-refractivity contribution >= 4 is 5.97 Å². The van der Waals surface area contributed by atoms with Gasteiger partial charge >= 0.3 is 5.97 Å². The molecule has 0 aliphatic heterocycles. The monoisotopic (exact) mass is 197 g/mol. The molecule has 0 rings (SSSR count). The van der Waals surface area contributed by atoms with E-state index in [1.54, 1.807) is 20.8 Å². The molecule has 0 aromatic carbocycles. The minimum absolute atomic E-state index is 0.241. The Balaban J connectivity index is 4.18. The molecule has 0 aliphatic carbocycles. The average Bonchev–Trinajstić information content (AvgIpc) is 1.96. The fourth-order valence-electron chi connectivity index (χ4n) is 0.613. The molecule has 0 radical (unpaired) electrons. The fourth-order valence-corrected chi connectivity index (χ4v) is 0.613. The van der Waals surface area contributed by atoms with Gasteiger partial charge in [-0.2, -0.15) is 0 Å². The fraction of sp³-hybridized carbons (Fsp3) is 0.727. The van der Waals surface area contributed by atoms with Crippen LogP contribution in [0.15, 0.2) is 0 Å². The van der Waals surface area contributed by atoms with Crippen LogP contribution in [0.1, 0.15) is 34.6 Å². The van der Waals surface area contributed by atoms with Gasteiger partial charge in [0.25, 0.3) is 0 Å². The number of carbonyl (C=O) groups excluding carboxylic acids is 1. The summed E-state index contributed by atoms with van der Waals surface area (Å²) in [6.45, 7) is 9.31. The highest BCUT2D eigenvalue weighted by atomic mass is 16.6. The van der Waals surface area contributed by atoms with Crippen LogP contribution in [0.5, 0.6) is 0 Å². The molecule has 1 unspecified atom stereocenters. The van der Waals surface area contributed by atoms with E-state index in [9.17, 15) is 4.79 Å². The molecule has 0 heterocycles. The summed E-state index contributed by atoms with van der Waals surface area (Å²) in [5.41, 5.74) is 5.15. The van der Waals surface area contributed by atoms with Gasteiger partial charge in [-0.15, -0.1) is 0 Å². The van der Waals surface area contributed by atoms with Crippen molar-refractivity contribution in [3.8, 4) is 11.8 Å². The summed E-state index contributed by atoms with van der Waals surface area (Å²) >= 11 is 0. The van der Waals surface area contributed by atoms with Crippen molar-refractivity contribution < 1.29 is 9.53 Å². The normalized spacial score (nSPS) is 13.1. The first-order valence-corrected chi connectivity index (χ1v) is 4.72. The lowest BCUT2D eigenvalue weighted by molar-refractivity contribution is -0.147. The standard InChI is InChI=1S/C11H19NO2/c1-8(2)9(12)6-7-10(13)14-11(3,4)5/h8-9H,12H2,1-5H3. The summed E-state index contributed by atoms with van der Waals surface area (Å²) in [4.78, 5) is 11.1. The second-order valence-electron chi connectivity index (χ2n) is 4.54.